The molecule has 150 valence electrons. The van der Waals surface area contributed by atoms with Crippen LogP contribution in [-0.4, -0.2) is 35.9 Å². The number of nitrogens with zero attached hydrogens (tertiary/aromatic N) is 1. The van der Waals surface area contributed by atoms with Crippen molar-refractivity contribution in [2.45, 2.75) is 52.2 Å². The molecule has 0 saturated heterocycles. The normalized spacial score (nSPS) is 12.7. The molecule has 0 bridgehead atoms. The molecular formula is C23H30N2O3. The van der Waals surface area contributed by atoms with Gasteiger partial charge < -0.3 is 15.0 Å². The van der Waals surface area contributed by atoms with Crippen molar-refractivity contribution in [2.24, 2.45) is 0 Å². The molecule has 0 aromatic heterocycles. The highest BCUT2D eigenvalue weighted by atomic mass is 16.5. The number of benzene rings is 2. The topological polar surface area (TPSA) is 58.6 Å². The molecule has 2 aromatic rings. The van der Waals surface area contributed by atoms with Gasteiger partial charge in [-0.2, -0.15) is 0 Å². The van der Waals surface area contributed by atoms with Crippen LogP contribution in [0.4, 0.5) is 0 Å². The maximum absolute atomic E-state index is 13.1. The minimum Gasteiger partial charge on any atom is -0.497 e. The molecule has 2 rings (SSSR count). The third-order valence-electron chi connectivity index (χ3n) is 4.88. The van der Waals surface area contributed by atoms with Gasteiger partial charge in [0.2, 0.25) is 11.8 Å². The largest absolute Gasteiger partial charge is 0.497 e. The Morgan fingerprint density at radius 2 is 1.64 bits per heavy atom. The van der Waals surface area contributed by atoms with Crippen molar-refractivity contribution in [3.63, 3.8) is 0 Å². The average Bonchev–Trinajstić information content (AvgIpc) is 2.72. The van der Waals surface area contributed by atoms with E-state index in [9.17, 15) is 9.59 Å². The number of methoxy groups -OCH3 is 1. The maximum Gasteiger partial charge on any atom is 0.242 e. The van der Waals surface area contributed by atoms with Crippen molar-refractivity contribution in [3.05, 3.63) is 65.7 Å². The number of amides is 2. The summed E-state index contributed by atoms with van der Waals surface area (Å²) < 4.78 is 5.17. The van der Waals surface area contributed by atoms with Gasteiger partial charge in [0.15, 0.2) is 0 Å². The van der Waals surface area contributed by atoms with E-state index in [0.717, 1.165) is 23.3 Å². The molecule has 0 aliphatic rings. The second-order valence-electron chi connectivity index (χ2n) is 7.03. The van der Waals surface area contributed by atoms with E-state index in [1.807, 2.05) is 68.4 Å². The van der Waals surface area contributed by atoms with Crippen LogP contribution in [0.15, 0.2) is 54.6 Å². The molecule has 5 nitrogen and oxygen atoms in total. The van der Waals surface area contributed by atoms with E-state index >= 15 is 0 Å². The van der Waals surface area contributed by atoms with Crippen LogP contribution in [0.1, 0.15) is 38.3 Å². The standard InChI is InChI=1S/C23H30N2O3/c1-5-17(2)24-23(27)18(3)25(16-20-9-7-6-8-10-20)22(26)15-19-11-13-21(28-4)14-12-19/h6-14,17-18H,5,15-16H2,1-4H3,(H,24,27)/t17-,18-/m1/s1. The molecule has 2 atom stereocenters. The lowest BCUT2D eigenvalue weighted by Gasteiger charge is -2.29. The summed E-state index contributed by atoms with van der Waals surface area (Å²) in [6.45, 7) is 6.16. The molecule has 0 aliphatic carbocycles. The Morgan fingerprint density at radius 1 is 1.00 bits per heavy atom. The van der Waals surface area contributed by atoms with Crippen LogP contribution >= 0.6 is 0 Å². The second-order valence-corrected chi connectivity index (χ2v) is 7.03. The lowest BCUT2D eigenvalue weighted by atomic mass is 10.1. The van der Waals surface area contributed by atoms with Crippen LogP contribution in [0, 0.1) is 0 Å². The Labute approximate surface area is 167 Å². The van der Waals surface area contributed by atoms with E-state index in [2.05, 4.69) is 5.32 Å². The van der Waals surface area contributed by atoms with Crippen LogP contribution in [0.25, 0.3) is 0 Å². The first-order valence-electron chi connectivity index (χ1n) is 9.71. The van der Waals surface area contributed by atoms with Crippen molar-refractivity contribution in [2.75, 3.05) is 7.11 Å². The fraction of sp³-hybridized carbons (Fsp3) is 0.391. The Bertz CT molecular complexity index is 759. The number of hydrogen-bond donors (Lipinski definition) is 1. The fourth-order valence-corrected chi connectivity index (χ4v) is 2.85. The van der Waals surface area contributed by atoms with Gasteiger partial charge in [-0.3, -0.25) is 9.59 Å². The number of nitrogens with one attached hydrogen (secondary N) is 1. The lowest BCUT2D eigenvalue weighted by molar-refractivity contribution is -0.140. The van der Waals surface area contributed by atoms with E-state index in [1.165, 1.54) is 0 Å². The highest BCUT2D eigenvalue weighted by molar-refractivity contribution is 5.88. The minimum absolute atomic E-state index is 0.0743. The third-order valence-corrected chi connectivity index (χ3v) is 4.88. The van der Waals surface area contributed by atoms with Crippen molar-refractivity contribution in [1.29, 1.82) is 0 Å². The summed E-state index contributed by atoms with van der Waals surface area (Å²) in [7, 11) is 1.61. The van der Waals surface area contributed by atoms with E-state index in [1.54, 1.807) is 18.9 Å². The number of carbonyl (C=O) groups is 2. The van der Waals surface area contributed by atoms with E-state index in [4.69, 9.17) is 4.74 Å². The SMILES string of the molecule is CC[C@@H](C)NC(=O)[C@@H](C)N(Cc1ccccc1)C(=O)Cc1ccc(OC)cc1. The molecule has 0 spiro atoms. The zero-order valence-corrected chi connectivity index (χ0v) is 17.1. The zero-order chi connectivity index (χ0) is 20.5. The first kappa shape index (κ1) is 21.5. The summed E-state index contributed by atoms with van der Waals surface area (Å²) in [6, 6.07) is 16.7. The van der Waals surface area contributed by atoms with Gasteiger partial charge in [-0.15, -0.1) is 0 Å². The summed E-state index contributed by atoms with van der Waals surface area (Å²) in [6.07, 6.45) is 1.08. The van der Waals surface area contributed by atoms with Crippen molar-refractivity contribution < 1.29 is 14.3 Å². The summed E-state index contributed by atoms with van der Waals surface area (Å²) in [5.41, 5.74) is 1.88. The molecule has 0 fully saturated rings. The molecule has 2 aromatic carbocycles. The smallest absolute Gasteiger partial charge is 0.242 e. The summed E-state index contributed by atoms with van der Waals surface area (Å²) in [4.78, 5) is 27.4. The highest BCUT2D eigenvalue weighted by Crippen LogP contribution is 2.15. The van der Waals surface area contributed by atoms with E-state index in [0.29, 0.717) is 6.54 Å². The average molecular weight is 383 g/mol. The maximum atomic E-state index is 13.1. The Hall–Kier alpha value is -2.82. The molecule has 5 heteroatoms. The van der Waals surface area contributed by atoms with Crippen molar-refractivity contribution >= 4 is 11.8 Å². The van der Waals surface area contributed by atoms with Crippen LogP contribution in [-0.2, 0) is 22.6 Å². The number of carbonyl (C=O) groups excluding carboxylic acids is 2. The first-order chi connectivity index (χ1) is 13.4. The predicted molar refractivity (Wildman–Crippen MR) is 111 cm³/mol. The number of hydrogen-bond acceptors (Lipinski definition) is 3. The highest BCUT2D eigenvalue weighted by Gasteiger charge is 2.26. The number of ether oxygens (including phenoxy) is 1. The molecule has 0 radical (unpaired) electrons. The Kier molecular flexibility index (Phi) is 8.05. The third kappa shape index (κ3) is 6.12. The molecule has 1 N–H and O–H groups in total. The van der Waals surface area contributed by atoms with Crippen LogP contribution in [0.3, 0.4) is 0 Å². The first-order valence-corrected chi connectivity index (χ1v) is 9.71. The van der Waals surface area contributed by atoms with Gasteiger partial charge in [-0.05, 0) is 43.5 Å². The molecule has 0 aliphatic heterocycles. The van der Waals surface area contributed by atoms with Crippen molar-refractivity contribution in [3.8, 4) is 5.75 Å². The Balaban J connectivity index is 2.17. The fourth-order valence-electron chi connectivity index (χ4n) is 2.85. The molecule has 0 saturated carbocycles. The van der Waals surface area contributed by atoms with Gasteiger partial charge in [0.25, 0.3) is 0 Å². The van der Waals surface area contributed by atoms with Gasteiger partial charge in [0, 0.05) is 12.6 Å². The summed E-state index contributed by atoms with van der Waals surface area (Å²) in [5.74, 6) is 0.535. The number of rotatable bonds is 9. The van der Waals surface area contributed by atoms with Gasteiger partial charge in [-0.25, -0.2) is 0 Å². The zero-order valence-electron chi connectivity index (χ0n) is 17.1. The predicted octanol–water partition coefficient (Wildman–Crippen LogP) is 3.57. The van der Waals surface area contributed by atoms with Gasteiger partial charge in [0.05, 0.1) is 13.5 Å². The second kappa shape index (κ2) is 10.5. The summed E-state index contributed by atoms with van der Waals surface area (Å²) >= 11 is 0. The molecule has 28 heavy (non-hydrogen) atoms. The minimum atomic E-state index is -0.556. The molecule has 0 heterocycles. The lowest BCUT2D eigenvalue weighted by Crippen LogP contribution is -2.49. The monoisotopic (exact) mass is 382 g/mol. The summed E-state index contributed by atoms with van der Waals surface area (Å²) in [5, 5.41) is 2.98. The molecular weight excluding hydrogens is 352 g/mol. The quantitative estimate of drug-likeness (QED) is 0.721. The van der Waals surface area contributed by atoms with Gasteiger partial charge >= 0.3 is 0 Å². The van der Waals surface area contributed by atoms with Crippen LogP contribution in [0.2, 0.25) is 0 Å². The van der Waals surface area contributed by atoms with Gasteiger partial charge in [-0.1, -0.05) is 49.4 Å². The van der Waals surface area contributed by atoms with E-state index < -0.39 is 6.04 Å². The molecule has 2 amide bonds. The van der Waals surface area contributed by atoms with E-state index in [-0.39, 0.29) is 24.3 Å². The van der Waals surface area contributed by atoms with Crippen molar-refractivity contribution in [1.82, 2.24) is 10.2 Å². The van der Waals surface area contributed by atoms with Gasteiger partial charge in [0.1, 0.15) is 11.8 Å². The van der Waals surface area contributed by atoms with Crippen LogP contribution < -0.4 is 10.1 Å². The molecule has 0 unspecified atom stereocenters. The van der Waals surface area contributed by atoms with Crippen LogP contribution in [0.5, 0.6) is 5.75 Å². The Morgan fingerprint density at radius 3 is 2.21 bits per heavy atom.